The van der Waals surface area contributed by atoms with Crippen LogP contribution in [-0.2, 0) is 32.8 Å². The first-order valence-corrected chi connectivity index (χ1v) is 10.9. The van der Waals surface area contributed by atoms with Gasteiger partial charge in [0.15, 0.2) is 6.29 Å². The summed E-state index contributed by atoms with van der Waals surface area (Å²) in [5.74, 6) is 0. The second kappa shape index (κ2) is 9.11. The number of rotatable bonds is 10. The number of fused-ring (bicyclic) bond motifs is 1. The van der Waals surface area contributed by atoms with Crippen LogP contribution in [0.25, 0.3) is 10.2 Å². The Morgan fingerprint density at radius 1 is 1.26 bits per heavy atom. The molecule has 0 radical (unpaired) electrons. The van der Waals surface area contributed by atoms with E-state index in [4.69, 9.17) is 19.9 Å². The highest BCUT2D eigenvalue weighted by Crippen LogP contribution is 2.41. The van der Waals surface area contributed by atoms with E-state index in [1.165, 1.54) is 35.0 Å². The highest BCUT2D eigenvalue weighted by molar-refractivity contribution is 7.18. The second-order valence-electron chi connectivity index (χ2n) is 8.01. The van der Waals surface area contributed by atoms with Crippen molar-refractivity contribution in [1.82, 2.24) is 14.0 Å². The predicted molar refractivity (Wildman–Crippen MR) is 118 cm³/mol. The molecule has 0 atom stereocenters. The predicted octanol–water partition coefficient (Wildman–Crippen LogP) is 1.19. The molecule has 0 bridgehead atoms. The van der Waals surface area contributed by atoms with Gasteiger partial charge in [-0.25, -0.2) is 9.59 Å². The van der Waals surface area contributed by atoms with Crippen LogP contribution in [0.15, 0.2) is 9.59 Å². The van der Waals surface area contributed by atoms with Crippen LogP contribution in [0.1, 0.15) is 30.2 Å². The Balaban J connectivity index is 2.13. The van der Waals surface area contributed by atoms with E-state index in [1.54, 1.807) is 11.7 Å². The van der Waals surface area contributed by atoms with Crippen LogP contribution in [0.2, 0.25) is 0 Å². The molecule has 2 heterocycles. The van der Waals surface area contributed by atoms with Crippen molar-refractivity contribution in [3.8, 4) is 0 Å². The number of nitrogens with two attached hydrogens (primary N) is 1. The summed E-state index contributed by atoms with van der Waals surface area (Å²) in [7, 11) is 4.53. The molecule has 2 aromatic heterocycles. The second-order valence-corrected chi connectivity index (χ2v) is 9.10. The van der Waals surface area contributed by atoms with E-state index in [9.17, 15) is 14.4 Å². The van der Waals surface area contributed by atoms with E-state index >= 15 is 0 Å². The Hall–Kier alpha value is -2.21. The van der Waals surface area contributed by atoms with Gasteiger partial charge in [-0.1, -0.05) is 0 Å². The van der Waals surface area contributed by atoms with E-state index in [2.05, 4.69) is 0 Å². The molecule has 1 fully saturated rings. The summed E-state index contributed by atoms with van der Waals surface area (Å²) >= 11 is 1.32. The van der Waals surface area contributed by atoms with Crippen molar-refractivity contribution in [3.05, 3.63) is 31.3 Å². The Morgan fingerprint density at radius 3 is 2.42 bits per heavy atom. The number of nitrogens with zero attached hydrogens (tertiary/aromatic N) is 3. The van der Waals surface area contributed by atoms with Crippen molar-refractivity contribution >= 4 is 27.6 Å². The quantitative estimate of drug-likeness (QED) is 0.539. The molecule has 1 aliphatic carbocycles. The number of methoxy groups -OCH3 is 3. The lowest BCUT2D eigenvalue weighted by Gasteiger charge is -2.24. The highest BCUT2D eigenvalue weighted by Gasteiger charge is 2.43. The zero-order valence-electron chi connectivity index (χ0n) is 18.6. The molecule has 10 nitrogen and oxygen atoms in total. The van der Waals surface area contributed by atoms with Gasteiger partial charge in [0.25, 0.3) is 5.56 Å². The number of aromatic nitrogens is 2. The monoisotopic (exact) mass is 454 g/mol. The van der Waals surface area contributed by atoms with Gasteiger partial charge in [-0.15, -0.1) is 11.3 Å². The van der Waals surface area contributed by atoms with Gasteiger partial charge in [0.2, 0.25) is 0 Å². The van der Waals surface area contributed by atoms with Gasteiger partial charge in [-0.05, 0) is 32.3 Å². The first-order valence-electron chi connectivity index (χ1n) is 10.1. The van der Waals surface area contributed by atoms with Crippen molar-refractivity contribution in [2.24, 2.45) is 5.73 Å². The van der Waals surface area contributed by atoms with Crippen LogP contribution in [0.5, 0.6) is 0 Å². The molecule has 2 aromatic rings. The Morgan fingerprint density at radius 2 is 1.90 bits per heavy atom. The number of amides is 2. The average Bonchev–Trinajstić information content (AvgIpc) is 3.37. The summed E-state index contributed by atoms with van der Waals surface area (Å²) in [6.07, 6.45) is 0.951. The third kappa shape index (κ3) is 4.40. The van der Waals surface area contributed by atoms with Gasteiger partial charge in [-0.2, -0.15) is 0 Å². The molecule has 0 aliphatic heterocycles. The smallest absolute Gasteiger partial charge is 0.332 e. The van der Waals surface area contributed by atoms with Crippen molar-refractivity contribution in [1.29, 1.82) is 0 Å². The Kier molecular flexibility index (Phi) is 6.89. The normalized spacial score (nSPS) is 15.0. The molecule has 0 spiro atoms. The lowest BCUT2D eigenvalue weighted by Crippen LogP contribution is -2.45. The van der Waals surface area contributed by atoms with Crippen molar-refractivity contribution in [2.75, 3.05) is 34.5 Å². The minimum Gasteiger partial charge on any atom is -0.383 e. The molecule has 2 N–H and O–H groups in total. The Labute approximate surface area is 184 Å². The highest BCUT2D eigenvalue weighted by atomic mass is 32.1. The number of ether oxygens (including phenoxy) is 3. The summed E-state index contributed by atoms with van der Waals surface area (Å²) in [6, 6.07) is -0.629. The standard InChI is InChI=1S/C20H30N4O6S/c1-12-13(10-22(18(21)26)11-14(29-4)30-5)31-17-15(12)16(25)24(20(2)6-7-20)19(27)23(17)8-9-28-3/h14H,6-11H2,1-5H3,(H2,21,26). The largest absolute Gasteiger partial charge is 0.383 e. The topological polar surface area (TPSA) is 118 Å². The number of hydrogen-bond donors (Lipinski definition) is 1. The molecule has 0 aromatic carbocycles. The first-order chi connectivity index (χ1) is 14.7. The number of carbonyl (C=O) groups is 1. The first kappa shape index (κ1) is 23.5. The number of primary amides is 1. The lowest BCUT2D eigenvalue weighted by atomic mass is 10.2. The number of thiophene rings is 1. The minimum absolute atomic E-state index is 0.134. The molecule has 1 aliphatic rings. The van der Waals surface area contributed by atoms with Gasteiger partial charge in [0.05, 0.1) is 37.2 Å². The van der Waals surface area contributed by atoms with Crippen LogP contribution >= 0.6 is 11.3 Å². The van der Waals surface area contributed by atoms with E-state index < -0.39 is 17.9 Å². The molecular formula is C20H30N4O6S. The molecule has 2 amide bonds. The van der Waals surface area contributed by atoms with Gasteiger partial charge in [0.1, 0.15) is 4.83 Å². The molecule has 0 saturated heterocycles. The average molecular weight is 455 g/mol. The maximum atomic E-state index is 13.4. The Bertz CT molecular complexity index is 1080. The molecule has 1 saturated carbocycles. The summed E-state index contributed by atoms with van der Waals surface area (Å²) < 4.78 is 18.5. The van der Waals surface area contributed by atoms with Crippen LogP contribution in [-0.4, -0.2) is 60.8 Å². The van der Waals surface area contributed by atoms with Crippen molar-refractivity contribution in [2.45, 2.75) is 51.6 Å². The fraction of sp³-hybridized carbons (Fsp3) is 0.650. The van der Waals surface area contributed by atoms with Gasteiger partial charge in [-0.3, -0.25) is 13.9 Å². The summed E-state index contributed by atoms with van der Waals surface area (Å²) in [5, 5.41) is 0.503. The fourth-order valence-electron chi connectivity index (χ4n) is 3.63. The number of aryl methyl sites for hydroxylation is 1. The number of urea groups is 1. The molecule has 11 heteroatoms. The van der Waals surface area contributed by atoms with E-state index in [-0.39, 0.29) is 24.3 Å². The van der Waals surface area contributed by atoms with Crippen LogP contribution < -0.4 is 17.0 Å². The van der Waals surface area contributed by atoms with Crippen LogP contribution in [0, 0.1) is 6.92 Å². The number of hydrogen-bond acceptors (Lipinski definition) is 7. The minimum atomic E-state index is -0.630. The van der Waals surface area contributed by atoms with Gasteiger partial charge in [0, 0.05) is 26.2 Å². The van der Waals surface area contributed by atoms with Crippen molar-refractivity contribution in [3.63, 3.8) is 0 Å². The maximum absolute atomic E-state index is 13.4. The van der Waals surface area contributed by atoms with Gasteiger partial charge >= 0.3 is 11.7 Å². The maximum Gasteiger partial charge on any atom is 0.332 e. The number of carbonyl (C=O) groups excluding carboxylic acids is 1. The van der Waals surface area contributed by atoms with Crippen LogP contribution in [0.3, 0.4) is 0 Å². The van der Waals surface area contributed by atoms with Gasteiger partial charge < -0.3 is 24.8 Å². The van der Waals surface area contributed by atoms with E-state index in [1.807, 2.05) is 13.8 Å². The van der Waals surface area contributed by atoms with E-state index in [0.717, 1.165) is 23.3 Å². The SMILES string of the molecule is COCCn1c(=O)n(C2(C)CC2)c(=O)c2c(C)c(CN(CC(OC)OC)C(N)=O)sc21. The zero-order valence-corrected chi connectivity index (χ0v) is 19.4. The molecule has 3 rings (SSSR count). The fourth-order valence-corrected chi connectivity index (χ4v) is 4.97. The van der Waals surface area contributed by atoms with Crippen molar-refractivity contribution < 1.29 is 19.0 Å². The third-order valence-corrected chi connectivity index (χ3v) is 7.18. The summed E-state index contributed by atoms with van der Waals surface area (Å²) in [5.41, 5.74) is 5.25. The lowest BCUT2D eigenvalue weighted by molar-refractivity contribution is -0.111. The zero-order chi connectivity index (χ0) is 22.9. The van der Waals surface area contributed by atoms with E-state index in [0.29, 0.717) is 23.4 Å². The third-order valence-electron chi connectivity index (χ3n) is 5.89. The molecular weight excluding hydrogens is 424 g/mol. The summed E-state index contributed by atoms with van der Waals surface area (Å²) in [6.45, 7) is 4.75. The molecule has 31 heavy (non-hydrogen) atoms. The van der Waals surface area contributed by atoms with Crippen LogP contribution in [0.4, 0.5) is 4.79 Å². The molecule has 0 unspecified atom stereocenters. The summed E-state index contributed by atoms with van der Waals surface area (Å²) in [4.78, 5) is 41.4. The molecule has 172 valence electrons.